The van der Waals surface area contributed by atoms with E-state index in [9.17, 15) is 9.59 Å². The van der Waals surface area contributed by atoms with E-state index >= 15 is 0 Å². The zero-order chi connectivity index (χ0) is 18.5. The number of hydrogen-bond acceptors (Lipinski definition) is 5. The molecule has 26 heavy (non-hydrogen) atoms. The number of carbonyl (C=O) groups excluding carboxylic acids is 2. The van der Waals surface area contributed by atoms with Gasteiger partial charge in [-0.3, -0.25) is 9.59 Å². The average molecular weight is 373 g/mol. The van der Waals surface area contributed by atoms with Crippen LogP contribution in [0.5, 0.6) is 0 Å². The summed E-state index contributed by atoms with van der Waals surface area (Å²) in [4.78, 5) is 25.6. The van der Waals surface area contributed by atoms with Crippen molar-refractivity contribution < 1.29 is 14.1 Å². The van der Waals surface area contributed by atoms with Crippen LogP contribution >= 0.6 is 11.8 Å². The normalized spacial score (nSPS) is 14.1. The first kappa shape index (κ1) is 18.5. The van der Waals surface area contributed by atoms with E-state index in [-0.39, 0.29) is 11.8 Å². The Morgan fingerprint density at radius 3 is 2.69 bits per heavy atom. The van der Waals surface area contributed by atoms with E-state index in [2.05, 4.69) is 10.5 Å². The number of nitrogens with zero attached hydrogens (tertiary/aromatic N) is 2. The highest BCUT2D eigenvalue weighted by molar-refractivity contribution is 7.99. The Balaban J connectivity index is 1.42. The molecule has 1 aliphatic rings. The third kappa shape index (κ3) is 4.46. The Bertz CT molecular complexity index is 766. The van der Waals surface area contributed by atoms with Crippen LogP contribution in [0.4, 0.5) is 5.69 Å². The van der Waals surface area contributed by atoms with Gasteiger partial charge in [-0.15, -0.1) is 11.8 Å². The number of aromatic nitrogens is 1. The van der Waals surface area contributed by atoms with Crippen LogP contribution in [0.15, 0.2) is 28.8 Å². The van der Waals surface area contributed by atoms with Crippen LogP contribution < -0.4 is 10.2 Å². The fraction of sp³-hybridized carbons (Fsp3) is 0.421. The van der Waals surface area contributed by atoms with Crippen LogP contribution in [0.1, 0.15) is 35.4 Å². The lowest BCUT2D eigenvalue weighted by Crippen LogP contribution is -2.25. The van der Waals surface area contributed by atoms with Crippen molar-refractivity contribution in [2.45, 2.75) is 39.0 Å². The van der Waals surface area contributed by atoms with Gasteiger partial charge < -0.3 is 14.7 Å². The number of amides is 2. The van der Waals surface area contributed by atoms with Crippen LogP contribution in [0.3, 0.4) is 0 Å². The van der Waals surface area contributed by atoms with E-state index in [4.69, 9.17) is 4.52 Å². The highest BCUT2D eigenvalue weighted by Crippen LogP contribution is 2.22. The van der Waals surface area contributed by atoms with Crippen LogP contribution in [0, 0.1) is 13.8 Å². The molecule has 1 fully saturated rings. The van der Waals surface area contributed by atoms with Crippen molar-refractivity contribution in [1.82, 2.24) is 10.5 Å². The Hall–Kier alpha value is -2.28. The number of rotatable bonds is 7. The molecule has 1 N–H and O–H groups in total. The minimum atomic E-state index is 0.000516. The summed E-state index contributed by atoms with van der Waals surface area (Å²) in [5, 5.41) is 6.84. The molecule has 0 saturated carbocycles. The van der Waals surface area contributed by atoms with Crippen molar-refractivity contribution >= 4 is 29.3 Å². The van der Waals surface area contributed by atoms with Crippen molar-refractivity contribution in [3.05, 3.63) is 46.8 Å². The zero-order valence-corrected chi connectivity index (χ0v) is 15.9. The molecule has 6 nitrogen and oxygen atoms in total. The fourth-order valence-electron chi connectivity index (χ4n) is 2.92. The number of benzene rings is 1. The van der Waals surface area contributed by atoms with Crippen molar-refractivity contribution in [2.75, 3.05) is 17.2 Å². The Morgan fingerprint density at radius 2 is 2.08 bits per heavy atom. The standard InChI is InChI=1S/C19H23N3O3S/c1-13-17(14(2)25-21-13)11-26-12-18(23)20-10-15-5-7-16(8-6-15)22-9-3-4-19(22)24/h5-8H,3-4,9-12H2,1-2H3,(H,20,23). The Kier molecular flexibility index (Phi) is 5.98. The SMILES string of the molecule is Cc1noc(C)c1CSCC(=O)NCc1ccc(N2CCCC2=O)cc1. The van der Waals surface area contributed by atoms with Crippen molar-refractivity contribution in [3.8, 4) is 0 Å². The summed E-state index contributed by atoms with van der Waals surface area (Å²) in [6, 6.07) is 7.80. The van der Waals surface area contributed by atoms with Gasteiger partial charge in [-0.05, 0) is 38.0 Å². The molecule has 1 aliphatic heterocycles. The van der Waals surface area contributed by atoms with E-state index in [0.29, 0.717) is 24.5 Å². The molecule has 0 aliphatic carbocycles. The second-order valence-corrected chi connectivity index (χ2v) is 7.37. The monoisotopic (exact) mass is 373 g/mol. The van der Waals surface area contributed by atoms with Gasteiger partial charge in [0.2, 0.25) is 11.8 Å². The minimum absolute atomic E-state index is 0.000516. The molecular formula is C19H23N3O3S. The first-order valence-electron chi connectivity index (χ1n) is 8.70. The Labute approximate surface area is 157 Å². The second-order valence-electron chi connectivity index (χ2n) is 6.39. The van der Waals surface area contributed by atoms with E-state index in [1.807, 2.05) is 43.0 Å². The molecule has 7 heteroatoms. The first-order valence-corrected chi connectivity index (χ1v) is 9.85. The number of aryl methyl sites for hydroxylation is 2. The second kappa shape index (κ2) is 8.40. The summed E-state index contributed by atoms with van der Waals surface area (Å²) in [5.74, 6) is 2.10. The van der Waals surface area contributed by atoms with Crippen LogP contribution in [0.2, 0.25) is 0 Å². The quantitative estimate of drug-likeness (QED) is 0.807. The van der Waals surface area contributed by atoms with Crippen molar-refractivity contribution in [1.29, 1.82) is 0 Å². The summed E-state index contributed by atoms with van der Waals surface area (Å²) in [7, 11) is 0. The van der Waals surface area contributed by atoms with Gasteiger partial charge in [-0.2, -0.15) is 0 Å². The molecular weight excluding hydrogens is 350 g/mol. The van der Waals surface area contributed by atoms with Crippen LogP contribution in [0.25, 0.3) is 0 Å². The summed E-state index contributed by atoms with van der Waals surface area (Å²) in [5.41, 5.74) is 3.89. The third-order valence-corrected chi connectivity index (χ3v) is 5.43. The summed E-state index contributed by atoms with van der Waals surface area (Å²) < 4.78 is 5.12. The number of anilines is 1. The molecule has 2 heterocycles. The molecule has 0 unspecified atom stereocenters. The maximum atomic E-state index is 12.0. The van der Waals surface area contributed by atoms with Gasteiger partial charge in [-0.1, -0.05) is 17.3 Å². The molecule has 1 saturated heterocycles. The number of carbonyl (C=O) groups is 2. The Morgan fingerprint density at radius 1 is 1.31 bits per heavy atom. The van der Waals surface area contributed by atoms with Gasteiger partial charge in [0.25, 0.3) is 0 Å². The number of thioether (sulfide) groups is 1. The predicted octanol–water partition coefficient (Wildman–Crippen LogP) is 2.97. The average Bonchev–Trinajstić information content (AvgIpc) is 3.20. The fourth-order valence-corrected chi connectivity index (χ4v) is 3.93. The zero-order valence-electron chi connectivity index (χ0n) is 15.1. The summed E-state index contributed by atoms with van der Waals surface area (Å²) >= 11 is 1.55. The lowest BCUT2D eigenvalue weighted by Gasteiger charge is -2.16. The van der Waals surface area contributed by atoms with Gasteiger partial charge in [0.05, 0.1) is 11.4 Å². The minimum Gasteiger partial charge on any atom is -0.361 e. The molecule has 0 spiro atoms. The summed E-state index contributed by atoms with van der Waals surface area (Å²) in [6.45, 7) is 5.07. The lowest BCUT2D eigenvalue weighted by atomic mass is 10.2. The highest BCUT2D eigenvalue weighted by Gasteiger charge is 2.21. The van der Waals surface area contributed by atoms with Crippen molar-refractivity contribution in [3.63, 3.8) is 0 Å². The lowest BCUT2D eigenvalue weighted by molar-refractivity contribution is -0.119. The molecule has 1 aromatic heterocycles. The molecule has 1 aromatic carbocycles. The first-order chi connectivity index (χ1) is 12.5. The smallest absolute Gasteiger partial charge is 0.230 e. The van der Waals surface area contributed by atoms with Crippen molar-refractivity contribution in [2.24, 2.45) is 0 Å². The highest BCUT2D eigenvalue weighted by atomic mass is 32.2. The molecule has 2 amide bonds. The molecule has 0 radical (unpaired) electrons. The topological polar surface area (TPSA) is 75.4 Å². The van der Waals surface area contributed by atoms with E-state index in [1.165, 1.54) is 0 Å². The number of hydrogen-bond donors (Lipinski definition) is 1. The maximum absolute atomic E-state index is 12.0. The van der Waals surface area contributed by atoms with Crippen LogP contribution in [-0.2, 0) is 21.9 Å². The third-order valence-electron chi connectivity index (χ3n) is 4.47. The number of nitrogens with one attached hydrogen (secondary N) is 1. The summed E-state index contributed by atoms with van der Waals surface area (Å²) in [6.07, 6.45) is 1.55. The molecule has 0 atom stereocenters. The van der Waals surface area contributed by atoms with Gasteiger partial charge in [-0.25, -0.2) is 0 Å². The van der Waals surface area contributed by atoms with E-state index < -0.39 is 0 Å². The molecule has 0 bridgehead atoms. The van der Waals surface area contributed by atoms with E-state index in [0.717, 1.165) is 41.2 Å². The molecule has 3 rings (SSSR count). The van der Waals surface area contributed by atoms with Gasteiger partial charge in [0.1, 0.15) is 5.76 Å². The molecule has 2 aromatic rings. The van der Waals surface area contributed by atoms with Gasteiger partial charge in [0, 0.05) is 36.5 Å². The van der Waals surface area contributed by atoms with E-state index in [1.54, 1.807) is 11.8 Å². The molecule has 138 valence electrons. The van der Waals surface area contributed by atoms with Crippen LogP contribution in [-0.4, -0.2) is 29.3 Å². The van der Waals surface area contributed by atoms with Gasteiger partial charge >= 0.3 is 0 Å². The maximum Gasteiger partial charge on any atom is 0.230 e. The predicted molar refractivity (Wildman–Crippen MR) is 102 cm³/mol. The van der Waals surface area contributed by atoms with Gasteiger partial charge in [0.15, 0.2) is 0 Å². The largest absolute Gasteiger partial charge is 0.361 e.